The largest absolute Gasteiger partial charge is 0.493 e. The fourth-order valence-electron chi connectivity index (χ4n) is 4.41. The van der Waals surface area contributed by atoms with Crippen molar-refractivity contribution in [2.75, 3.05) is 27.4 Å². The molecule has 1 aromatic rings. The molecule has 0 bridgehead atoms. The minimum Gasteiger partial charge on any atom is -0.493 e. The molecule has 4 N–H and O–H groups in total. The molecule has 1 aromatic carbocycles. The summed E-state index contributed by atoms with van der Waals surface area (Å²) in [5, 5.41) is 21.1. The Kier molecular flexibility index (Phi) is 13.7. The molecule has 0 saturated carbocycles. The molecule has 0 aliphatic heterocycles. The number of aliphatic carboxylic acids is 1. The summed E-state index contributed by atoms with van der Waals surface area (Å²) in [6.07, 6.45) is 0.0940. The molecular formula is C30H51NO8. The maximum Gasteiger partial charge on any atom is 0.324 e. The number of carbonyl (C=O) groups excluding carboxylic acids is 1. The Hall–Kier alpha value is -2.36. The molecule has 0 aliphatic rings. The van der Waals surface area contributed by atoms with Crippen molar-refractivity contribution < 1.29 is 38.7 Å². The smallest absolute Gasteiger partial charge is 0.324 e. The zero-order valence-corrected chi connectivity index (χ0v) is 25.3. The normalized spacial score (nSPS) is 15.9. The standard InChI is InChI=1S/C30H51NO8/c1-19(2)22(15-21-11-12-25(37-9)26(16-21)38-14-10-13-36-8)17-23(27(33)39-29(5,6)7)24(32)18-30(31,20(3)4)28(34)35/h11-12,16,19-20,22-24,32H,10,13-15,17-18,31H2,1-9H3,(H,34,35)/t22-,23+,24+,30+/m1/s1. The van der Waals surface area contributed by atoms with Crippen LogP contribution in [0.15, 0.2) is 18.2 Å². The molecule has 0 unspecified atom stereocenters. The quantitative estimate of drug-likeness (QED) is 0.188. The van der Waals surface area contributed by atoms with Crippen molar-refractivity contribution in [3.05, 3.63) is 23.8 Å². The van der Waals surface area contributed by atoms with Gasteiger partial charge >= 0.3 is 11.9 Å². The number of carboxylic acid groups (broad SMARTS) is 1. The first-order chi connectivity index (χ1) is 18.0. The predicted molar refractivity (Wildman–Crippen MR) is 151 cm³/mol. The zero-order valence-electron chi connectivity index (χ0n) is 25.3. The third-order valence-corrected chi connectivity index (χ3v) is 7.13. The lowest BCUT2D eigenvalue weighted by Gasteiger charge is -2.35. The van der Waals surface area contributed by atoms with E-state index in [4.69, 9.17) is 24.7 Å². The van der Waals surface area contributed by atoms with Gasteiger partial charge in [-0.3, -0.25) is 9.59 Å². The number of aliphatic hydroxyl groups excluding tert-OH is 1. The average molecular weight is 554 g/mol. The van der Waals surface area contributed by atoms with Gasteiger partial charge in [0.05, 0.1) is 25.7 Å². The molecule has 224 valence electrons. The number of hydrogen-bond donors (Lipinski definition) is 3. The average Bonchev–Trinajstić information content (AvgIpc) is 2.82. The second kappa shape index (κ2) is 15.4. The number of rotatable bonds is 17. The number of esters is 1. The fraction of sp³-hybridized carbons (Fsp3) is 0.733. The van der Waals surface area contributed by atoms with Crippen molar-refractivity contribution in [3.63, 3.8) is 0 Å². The van der Waals surface area contributed by atoms with E-state index in [1.54, 1.807) is 48.8 Å². The highest BCUT2D eigenvalue weighted by Gasteiger charge is 2.44. The summed E-state index contributed by atoms with van der Waals surface area (Å²) in [6, 6.07) is 5.76. The van der Waals surface area contributed by atoms with Crippen LogP contribution >= 0.6 is 0 Å². The van der Waals surface area contributed by atoms with Gasteiger partial charge in [0.15, 0.2) is 11.5 Å². The lowest BCUT2D eigenvalue weighted by Crippen LogP contribution is -2.56. The molecule has 1 rings (SSSR count). The molecule has 0 radical (unpaired) electrons. The van der Waals surface area contributed by atoms with Gasteiger partial charge in [-0.2, -0.15) is 0 Å². The Bertz CT molecular complexity index is 911. The summed E-state index contributed by atoms with van der Waals surface area (Å²) in [5.74, 6) is -1.78. The molecule has 0 heterocycles. The van der Waals surface area contributed by atoms with Gasteiger partial charge in [0.1, 0.15) is 11.1 Å². The van der Waals surface area contributed by atoms with Crippen molar-refractivity contribution in [2.24, 2.45) is 29.4 Å². The van der Waals surface area contributed by atoms with E-state index >= 15 is 0 Å². The van der Waals surface area contributed by atoms with Gasteiger partial charge < -0.3 is 34.9 Å². The molecule has 0 spiro atoms. The Morgan fingerprint density at radius 3 is 2.15 bits per heavy atom. The summed E-state index contributed by atoms with van der Waals surface area (Å²) in [7, 11) is 3.24. The highest BCUT2D eigenvalue weighted by molar-refractivity contribution is 5.79. The summed E-state index contributed by atoms with van der Waals surface area (Å²) in [5.41, 5.74) is 4.77. The van der Waals surface area contributed by atoms with E-state index in [9.17, 15) is 19.8 Å². The van der Waals surface area contributed by atoms with Crippen LogP contribution in [0, 0.1) is 23.7 Å². The highest BCUT2D eigenvalue weighted by Crippen LogP contribution is 2.34. The number of carboxylic acids is 1. The minimum atomic E-state index is -1.68. The Balaban J connectivity index is 3.27. The first kappa shape index (κ1) is 34.7. The summed E-state index contributed by atoms with van der Waals surface area (Å²) in [6.45, 7) is 13.9. The monoisotopic (exact) mass is 553 g/mol. The number of benzene rings is 1. The van der Waals surface area contributed by atoms with Crippen LogP contribution in [-0.4, -0.2) is 66.8 Å². The third kappa shape index (κ3) is 11.0. The number of carbonyl (C=O) groups is 2. The number of aliphatic hydroxyl groups is 1. The van der Waals surface area contributed by atoms with Gasteiger partial charge in [-0.25, -0.2) is 0 Å². The minimum absolute atomic E-state index is 0.0250. The second-order valence-corrected chi connectivity index (χ2v) is 12.0. The van der Waals surface area contributed by atoms with E-state index < -0.39 is 41.0 Å². The summed E-state index contributed by atoms with van der Waals surface area (Å²) < 4.78 is 22.2. The SMILES string of the molecule is COCCCOc1cc(C[C@H](C[C@H](C(=O)OC(C)(C)C)[C@@H](O)C[C@@](N)(C(=O)O)C(C)C)C(C)C)ccc1OC. The zero-order chi connectivity index (χ0) is 30.0. The molecule has 0 saturated heterocycles. The molecule has 9 heteroatoms. The topological polar surface area (TPSA) is 138 Å². The van der Waals surface area contributed by atoms with Gasteiger partial charge in [0, 0.05) is 26.6 Å². The highest BCUT2D eigenvalue weighted by atomic mass is 16.6. The molecule has 39 heavy (non-hydrogen) atoms. The molecule has 0 fully saturated rings. The molecule has 0 aliphatic carbocycles. The third-order valence-electron chi connectivity index (χ3n) is 7.13. The van der Waals surface area contributed by atoms with Crippen LogP contribution in [0.4, 0.5) is 0 Å². The maximum absolute atomic E-state index is 13.3. The van der Waals surface area contributed by atoms with Gasteiger partial charge in [-0.1, -0.05) is 33.8 Å². The number of methoxy groups -OCH3 is 2. The Morgan fingerprint density at radius 1 is 1.03 bits per heavy atom. The van der Waals surface area contributed by atoms with Crippen LogP contribution in [0.25, 0.3) is 0 Å². The van der Waals surface area contributed by atoms with Crippen molar-refractivity contribution in [1.82, 2.24) is 0 Å². The molecule has 0 amide bonds. The fourth-order valence-corrected chi connectivity index (χ4v) is 4.41. The van der Waals surface area contributed by atoms with Crippen LogP contribution in [-0.2, 0) is 25.5 Å². The number of hydrogen-bond acceptors (Lipinski definition) is 8. The van der Waals surface area contributed by atoms with Crippen molar-refractivity contribution in [1.29, 1.82) is 0 Å². The summed E-state index contributed by atoms with van der Waals surface area (Å²) in [4.78, 5) is 25.3. The van der Waals surface area contributed by atoms with Crippen LogP contribution in [0.5, 0.6) is 11.5 Å². The van der Waals surface area contributed by atoms with Crippen LogP contribution in [0.2, 0.25) is 0 Å². The van der Waals surface area contributed by atoms with Gasteiger partial charge in [0.25, 0.3) is 0 Å². The molecule has 4 atom stereocenters. The molecule has 9 nitrogen and oxygen atoms in total. The van der Waals surface area contributed by atoms with Crippen molar-refractivity contribution in [3.8, 4) is 11.5 Å². The van der Waals surface area contributed by atoms with Crippen LogP contribution in [0.1, 0.15) is 73.3 Å². The first-order valence-corrected chi connectivity index (χ1v) is 13.8. The van der Waals surface area contributed by atoms with E-state index in [1.165, 1.54) is 0 Å². The number of ether oxygens (including phenoxy) is 4. The Labute approximate surface area is 234 Å². The number of nitrogens with two attached hydrogens (primary N) is 1. The van der Waals surface area contributed by atoms with E-state index in [0.717, 1.165) is 12.0 Å². The summed E-state index contributed by atoms with van der Waals surface area (Å²) >= 11 is 0. The van der Waals surface area contributed by atoms with Crippen LogP contribution in [0.3, 0.4) is 0 Å². The van der Waals surface area contributed by atoms with Gasteiger partial charge in [-0.05, 0) is 69.1 Å². The van der Waals surface area contributed by atoms with E-state index in [-0.39, 0.29) is 18.3 Å². The van der Waals surface area contributed by atoms with Gasteiger partial charge in [0.2, 0.25) is 0 Å². The van der Waals surface area contributed by atoms with E-state index in [0.29, 0.717) is 37.6 Å². The Morgan fingerprint density at radius 2 is 1.67 bits per heavy atom. The second-order valence-electron chi connectivity index (χ2n) is 12.0. The maximum atomic E-state index is 13.3. The van der Waals surface area contributed by atoms with E-state index in [1.807, 2.05) is 18.2 Å². The molecular weight excluding hydrogens is 502 g/mol. The predicted octanol–water partition coefficient (Wildman–Crippen LogP) is 4.46. The molecule has 0 aromatic heterocycles. The van der Waals surface area contributed by atoms with Crippen LogP contribution < -0.4 is 15.2 Å². The van der Waals surface area contributed by atoms with E-state index in [2.05, 4.69) is 13.8 Å². The lowest BCUT2D eigenvalue weighted by molar-refractivity contribution is -0.167. The first-order valence-electron chi connectivity index (χ1n) is 13.8. The lowest BCUT2D eigenvalue weighted by atomic mass is 9.75. The van der Waals surface area contributed by atoms with Gasteiger partial charge in [-0.15, -0.1) is 0 Å². The van der Waals surface area contributed by atoms with Crippen molar-refractivity contribution in [2.45, 2.75) is 91.4 Å². The van der Waals surface area contributed by atoms with Crippen molar-refractivity contribution >= 4 is 11.9 Å².